The molecule has 0 aromatic heterocycles. The van der Waals surface area contributed by atoms with Gasteiger partial charge in [-0.25, -0.2) is 17.2 Å². The number of ether oxygens (including phenoxy) is 2. The molecule has 14 heteroatoms. The van der Waals surface area contributed by atoms with Crippen LogP contribution in [0.3, 0.4) is 0 Å². The Balaban J connectivity index is 1.63. The van der Waals surface area contributed by atoms with Gasteiger partial charge in [0.15, 0.2) is 11.6 Å². The number of nitrogens with zero attached hydrogens (tertiary/aromatic N) is 1. The third kappa shape index (κ3) is 5.64. The third-order valence-corrected chi connectivity index (χ3v) is 9.46. The van der Waals surface area contributed by atoms with Crippen LogP contribution >= 0.6 is 11.6 Å². The summed E-state index contributed by atoms with van der Waals surface area (Å²) in [5.41, 5.74) is -2.89. The average Bonchev–Trinajstić information content (AvgIpc) is 2.94. The Kier molecular flexibility index (Phi) is 7.88. The smallest absolute Gasteiger partial charge is 0.416 e. The van der Waals surface area contributed by atoms with E-state index in [-0.39, 0.29) is 60.1 Å². The SMILES string of the molecule is O=C(O)C1(C[C@H]2CN(S(=O)(=O)c3cccc(C(F)(F)F)c3)c3cc(-c4cc(Cl)cc(F)c4F)ccc3O2)CCOCC1. The van der Waals surface area contributed by atoms with E-state index in [1.54, 1.807) is 0 Å². The number of carboxylic acids is 1. The summed E-state index contributed by atoms with van der Waals surface area (Å²) in [6.45, 7) is -0.114. The second-order valence-electron chi connectivity index (χ2n) is 10.1. The first kappa shape index (κ1) is 30.1. The van der Waals surface area contributed by atoms with Gasteiger partial charge in [-0.15, -0.1) is 0 Å². The summed E-state index contributed by atoms with van der Waals surface area (Å²) in [7, 11) is -4.71. The molecule has 0 aliphatic carbocycles. The molecular weight excluding hydrogens is 609 g/mol. The van der Waals surface area contributed by atoms with Gasteiger partial charge in [0.25, 0.3) is 10.0 Å². The van der Waals surface area contributed by atoms with Crippen molar-refractivity contribution in [2.75, 3.05) is 24.1 Å². The predicted octanol–water partition coefficient (Wildman–Crippen LogP) is 6.53. The zero-order valence-corrected chi connectivity index (χ0v) is 23.2. The number of anilines is 1. The first-order chi connectivity index (χ1) is 19.7. The molecule has 3 aromatic carbocycles. The highest BCUT2D eigenvalue weighted by Gasteiger charge is 2.45. The molecular formula is C28H23ClF5NO6S. The van der Waals surface area contributed by atoms with Gasteiger partial charge in [0.2, 0.25) is 0 Å². The normalized spacial score (nSPS) is 18.7. The monoisotopic (exact) mass is 631 g/mol. The number of benzene rings is 3. The Morgan fingerprint density at radius 3 is 2.45 bits per heavy atom. The van der Waals surface area contributed by atoms with E-state index < -0.39 is 62.3 Å². The van der Waals surface area contributed by atoms with Crippen molar-refractivity contribution in [3.63, 3.8) is 0 Å². The Hall–Kier alpha value is -3.42. The van der Waals surface area contributed by atoms with Gasteiger partial charge in [0.05, 0.1) is 28.1 Å². The molecule has 3 aromatic rings. The number of hydrogen-bond donors (Lipinski definition) is 1. The number of sulfonamides is 1. The summed E-state index contributed by atoms with van der Waals surface area (Å²) >= 11 is 5.91. The van der Waals surface area contributed by atoms with Crippen molar-refractivity contribution in [3.05, 3.63) is 76.8 Å². The lowest BCUT2D eigenvalue weighted by Crippen LogP contribution is -2.48. The molecule has 2 aliphatic heterocycles. The number of aliphatic carboxylic acids is 1. The number of hydrogen-bond acceptors (Lipinski definition) is 5. The van der Waals surface area contributed by atoms with Crippen LogP contribution in [0.1, 0.15) is 24.8 Å². The van der Waals surface area contributed by atoms with Gasteiger partial charge >= 0.3 is 12.1 Å². The first-order valence-corrected chi connectivity index (χ1v) is 14.5. The highest BCUT2D eigenvalue weighted by molar-refractivity contribution is 7.92. The topological polar surface area (TPSA) is 93.1 Å². The van der Waals surface area contributed by atoms with Gasteiger partial charge in [-0.1, -0.05) is 23.7 Å². The molecule has 0 bridgehead atoms. The fourth-order valence-corrected chi connectivity index (χ4v) is 6.99. The van der Waals surface area contributed by atoms with Crippen molar-refractivity contribution in [1.29, 1.82) is 0 Å². The minimum absolute atomic E-state index is 0.0189. The van der Waals surface area contributed by atoms with Crippen molar-refractivity contribution in [1.82, 2.24) is 0 Å². The van der Waals surface area contributed by atoms with Crippen LogP contribution in [0.25, 0.3) is 11.1 Å². The molecule has 1 saturated heterocycles. The lowest BCUT2D eigenvalue weighted by molar-refractivity contribution is -0.157. The van der Waals surface area contributed by atoms with Crippen molar-refractivity contribution < 1.29 is 49.7 Å². The van der Waals surface area contributed by atoms with Crippen LogP contribution in [-0.2, 0) is 25.7 Å². The molecule has 1 N–H and O–H groups in total. The maximum atomic E-state index is 14.7. The van der Waals surface area contributed by atoms with E-state index in [4.69, 9.17) is 21.1 Å². The molecule has 42 heavy (non-hydrogen) atoms. The Labute approximate surface area is 242 Å². The van der Waals surface area contributed by atoms with Gasteiger partial charge in [0.1, 0.15) is 11.9 Å². The lowest BCUT2D eigenvalue weighted by atomic mass is 9.75. The number of carboxylic acid groups (broad SMARTS) is 1. The van der Waals surface area contributed by atoms with Crippen LogP contribution in [0.5, 0.6) is 5.75 Å². The Morgan fingerprint density at radius 1 is 1.07 bits per heavy atom. The zero-order chi connectivity index (χ0) is 30.4. The highest BCUT2D eigenvalue weighted by Crippen LogP contribution is 2.45. The maximum Gasteiger partial charge on any atom is 0.416 e. The second kappa shape index (κ2) is 11.0. The minimum Gasteiger partial charge on any atom is -0.486 e. The first-order valence-electron chi connectivity index (χ1n) is 12.7. The lowest BCUT2D eigenvalue weighted by Gasteiger charge is -2.40. The van der Waals surface area contributed by atoms with E-state index in [0.717, 1.165) is 34.6 Å². The van der Waals surface area contributed by atoms with Gasteiger partial charge in [-0.2, -0.15) is 13.2 Å². The van der Waals surface area contributed by atoms with Gasteiger partial charge in [0, 0.05) is 30.2 Å². The van der Waals surface area contributed by atoms with Crippen LogP contribution in [0.4, 0.5) is 27.6 Å². The summed E-state index contributed by atoms with van der Waals surface area (Å²) in [6, 6.07) is 8.93. The predicted molar refractivity (Wildman–Crippen MR) is 142 cm³/mol. The number of carbonyl (C=O) groups is 1. The fraction of sp³-hybridized carbons (Fsp3) is 0.321. The summed E-state index contributed by atoms with van der Waals surface area (Å²) in [6.07, 6.45) is -5.66. The van der Waals surface area contributed by atoms with Crippen LogP contribution < -0.4 is 9.04 Å². The molecule has 0 radical (unpaired) electrons. The molecule has 1 atom stereocenters. The Bertz CT molecular complexity index is 1640. The summed E-state index contributed by atoms with van der Waals surface area (Å²) in [5.74, 6) is -3.64. The molecule has 224 valence electrons. The van der Waals surface area contributed by atoms with E-state index in [1.165, 1.54) is 18.2 Å². The fourth-order valence-electron chi connectivity index (χ4n) is 5.24. The van der Waals surface area contributed by atoms with E-state index in [9.17, 15) is 40.3 Å². The molecule has 5 rings (SSSR count). The van der Waals surface area contributed by atoms with E-state index >= 15 is 0 Å². The van der Waals surface area contributed by atoms with Crippen LogP contribution in [0.15, 0.2) is 59.5 Å². The number of alkyl halides is 3. The quantitative estimate of drug-likeness (QED) is 0.246. The van der Waals surface area contributed by atoms with Crippen molar-refractivity contribution >= 4 is 33.3 Å². The maximum absolute atomic E-state index is 14.7. The van der Waals surface area contributed by atoms with Crippen molar-refractivity contribution in [3.8, 4) is 16.9 Å². The molecule has 0 amide bonds. The van der Waals surface area contributed by atoms with E-state index in [2.05, 4.69) is 0 Å². The third-order valence-electron chi connectivity index (χ3n) is 7.47. The molecule has 2 aliphatic rings. The van der Waals surface area contributed by atoms with Crippen molar-refractivity contribution in [2.45, 2.75) is 36.4 Å². The van der Waals surface area contributed by atoms with Crippen LogP contribution in [0, 0.1) is 17.0 Å². The van der Waals surface area contributed by atoms with Crippen LogP contribution in [0.2, 0.25) is 5.02 Å². The summed E-state index contributed by atoms with van der Waals surface area (Å²) in [5, 5.41) is 9.91. The zero-order valence-electron chi connectivity index (χ0n) is 21.6. The van der Waals surface area contributed by atoms with E-state index in [0.29, 0.717) is 6.07 Å². The highest BCUT2D eigenvalue weighted by atomic mass is 35.5. The van der Waals surface area contributed by atoms with Crippen LogP contribution in [-0.4, -0.2) is 45.4 Å². The number of halogens is 6. The van der Waals surface area contributed by atoms with Crippen molar-refractivity contribution in [2.24, 2.45) is 5.41 Å². The molecule has 1 fully saturated rings. The Morgan fingerprint density at radius 2 is 1.79 bits per heavy atom. The van der Waals surface area contributed by atoms with Gasteiger partial charge in [-0.3, -0.25) is 9.10 Å². The second-order valence-corrected chi connectivity index (χ2v) is 12.4. The molecule has 0 spiro atoms. The van der Waals surface area contributed by atoms with E-state index in [1.807, 2.05) is 0 Å². The molecule has 2 heterocycles. The number of rotatable bonds is 6. The van der Waals surface area contributed by atoms with Gasteiger partial charge in [-0.05, 0) is 60.9 Å². The minimum atomic E-state index is -4.82. The summed E-state index contributed by atoms with van der Waals surface area (Å²) in [4.78, 5) is 11.6. The molecule has 7 nitrogen and oxygen atoms in total. The molecule has 0 unspecified atom stereocenters. The largest absolute Gasteiger partial charge is 0.486 e. The molecule has 0 saturated carbocycles. The number of fused-ring (bicyclic) bond motifs is 1. The average molecular weight is 632 g/mol. The van der Waals surface area contributed by atoms with Gasteiger partial charge < -0.3 is 14.6 Å². The standard InChI is InChI=1S/C28H23ClF5NO6S/c29-18-12-21(25(31)22(30)13-18)16-4-5-24-23(10-16)35(42(38,39)20-3-1-2-17(11-20)28(32,33)34)15-19(41-24)14-27(26(36)37)6-8-40-9-7-27/h1-5,10-13,19H,6-9,14-15H2,(H,36,37)/t19-/m0/s1. The summed E-state index contributed by atoms with van der Waals surface area (Å²) < 4.78 is 109.